The largest absolute Gasteiger partial charge is 0.495 e. The smallest absolute Gasteiger partial charge is 0.422 e. The Morgan fingerprint density at radius 3 is 2.65 bits per heavy atom. The molecule has 2 aromatic heterocycles. The van der Waals surface area contributed by atoms with Crippen LogP contribution in [0.1, 0.15) is 31.7 Å². The minimum absolute atomic E-state index is 0.132. The van der Waals surface area contributed by atoms with E-state index in [1.165, 1.54) is 42.1 Å². The second-order valence-corrected chi connectivity index (χ2v) is 10.8. The standard InChI is InChI=1S/C30H30ClF3N4O5/c1-37-15-18-11-20(7-8-24(18)36-37)35-29(40)25(13-21-5-3-4-10-42-21)38-16-27(41-2)23(14-28(38)39)22-12-19(31)6-9-26(22)43-17-30(32,33)34/h6-9,11-12,14-16,21,25H,3-5,10,13,17H2,1-2H3,(H,35,40)/t21-,25?/m1/s1. The number of hydrogen-bond donors (Lipinski definition) is 1. The fourth-order valence-corrected chi connectivity index (χ4v) is 5.36. The minimum atomic E-state index is -4.58. The first-order chi connectivity index (χ1) is 20.5. The number of anilines is 1. The van der Waals surface area contributed by atoms with Crippen molar-refractivity contribution in [1.29, 1.82) is 0 Å². The maximum Gasteiger partial charge on any atom is 0.422 e. The van der Waals surface area contributed by atoms with Crippen LogP contribution in [0.4, 0.5) is 18.9 Å². The van der Waals surface area contributed by atoms with Crippen LogP contribution < -0.4 is 20.3 Å². The number of methoxy groups -OCH3 is 1. The lowest BCUT2D eigenvalue weighted by molar-refractivity contribution is -0.153. The topological polar surface area (TPSA) is 96.6 Å². The molecule has 0 bridgehead atoms. The molecule has 1 unspecified atom stereocenters. The number of nitrogens with zero attached hydrogens (tertiary/aromatic N) is 3. The lowest BCUT2D eigenvalue weighted by atomic mass is 10.00. The molecule has 0 spiro atoms. The number of amides is 1. The molecule has 2 aromatic carbocycles. The molecule has 1 fully saturated rings. The van der Waals surface area contributed by atoms with Crippen LogP contribution in [0.15, 0.2) is 59.7 Å². The van der Waals surface area contributed by atoms with Gasteiger partial charge in [0.15, 0.2) is 6.61 Å². The van der Waals surface area contributed by atoms with E-state index in [4.69, 9.17) is 25.8 Å². The van der Waals surface area contributed by atoms with E-state index in [2.05, 4.69) is 10.4 Å². The van der Waals surface area contributed by atoms with E-state index < -0.39 is 30.3 Å². The molecule has 1 N–H and O–H groups in total. The zero-order chi connectivity index (χ0) is 30.7. The molecule has 4 aromatic rings. The van der Waals surface area contributed by atoms with Crippen molar-refractivity contribution in [3.63, 3.8) is 0 Å². The third-order valence-corrected chi connectivity index (χ3v) is 7.41. The summed E-state index contributed by atoms with van der Waals surface area (Å²) in [5.74, 6) is -0.433. The second kappa shape index (κ2) is 12.7. The molecule has 1 aliphatic heterocycles. The Labute approximate surface area is 250 Å². The molecule has 1 saturated heterocycles. The van der Waals surface area contributed by atoms with Crippen molar-refractivity contribution >= 4 is 34.1 Å². The van der Waals surface area contributed by atoms with Gasteiger partial charge in [0, 0.05) is 59.6 Å². The highest BCUT2D eigenvalue weighted by atomic mass is 35.5. The van der Waals surface area contributed by atoms with Gasteiger partial charge >= 0.3 is 6.18 Å². The minimum Gasteiger partial charge on any atom is -0.495 e. The lowest BCUT2D eigenvalue weighted by Crippen LogP contribution is -2.36. The number of pyridine rings is 1. The van der Waals surface area contributed by atoms with Crippen molar-refractivity contribution in [3.8, 4) is 22.6 Å². The van der Waals surface area contributed by atoms with Crippen molar-refractivity contribution in [2.24, 2.45) is 7.05 Å². The van der Waals surface area contributed by atoms with Crippen molar-refractivity contribution in [2.75, 3.05) is 25.6 Å². The van der Waals surface area contributed by atoms with Gasteiger partial charge in [0.25, 0.3) is 5.56 Å². The van der Waals surface area contributed by atoms with E-state index in [0.717, 1.165) is 30.2 Å². The van der Waals surface area contributed by atoms with Crippen LogP contribution in [0, 0.1) is 0 Å². The van der Waals surface area contributed by atoms with Gasteiger partial charge in [-0.25, -0.2) is 0 Å². The molecule has 2 atom stereocenters. The number of halogens is 4. The Kier molecular flexibility index (Phi) is 8.97. The average Bonchev–Trinajstić information content (AvgIpc) is 3.34. The number of fused-ring (bicyclic) bond motifs is 1. The van der Waals surface area contributed by atoms with Crippen LogP contribution in [0.5, 0.6) is 11.5 Å². The summed E-state index contributed by atoms with van der Waals surface area (Å²) < 4.78 is 58.2. The first kappa shape index (κ1) is 30.4. The highest BCUT2D eigenvalue weighted by Gasteiger charge is 2.31. The van der Waals surface area contributed by atoms with Crippen LogP contribution in [0.3, 0.4) is 0 Å². The number of alkyl halides is 3. The number of aryl methyl sites for hydroxylation is 1. The van der Waals surface area contributed by atoms with Gasteiger partial charge in [-0.3, -0.25) is 18.8 Å². The molecule has 5 rings (SSSR count). The van der Waals surface area contributed by atoms with E-state index in [-0.39, 0.29) is 40.2 Å². The monoisotopic (exact) mass is 618 g/mol. The Morgan fingerprint density at radius 1 is 1.14 bits per heavy atom. The number of rotatable bonds is 9. The van der Waals surface area contributed by atoms with Crippen molar-refractivity contribution < 1.29 is 32.2 Å². The molecule has 0 radical (unpaired) electrons. The third-order valence-electron chi connectivity index (χ3n) is 7.17. The van der Waals surface area contributed by atoms with Gasteiger partial charge in [-0.05, 0) is 55.7 Å². The summed E-state index contributed by atoms with van der Waals surface area (Å²) in [4.78, 5) is 27.4. The number of aromatic nitrogens is 3. The Hall–Kier alpha value is -4.03. The number of ether oxygens (including phenoxy) is 3. The van der Waals surface area contributed by atoms with Gasteiger partial charge in [0.2, 0.25) is 5.91 Å². The van der Waals surface area contributed by atoms with Crippen LogP contribution in [0.25, 0.3) is 22.0 Å². The van der Waals surface area contributed by atoms with Gasteiger partial charge in [0.1, 0.15) is 17.5 Å². The van der Waals surface area contributed by atoms with Crippen molar-refractivity contribution in [2.45, 2.75) is 44.0 Å². The predicted molar refractivity (Wildman–Crippen MR) is 156 cm³/mol. The fourth-order valence-electron chi connectivity index (χ4n) is 5.19. The molecule has 1 aliphatic rings. The highest BCUT2D eigenvalue weighted by Crippen LogP contribution is 2.38. The zero-order valence-corrected chi connectivity index (χ0v) is 24.2. The average molecular weight is 619 g/mol. The Bertz CT molecular complexity index is 1680. The molecule has 43 heavy (non-hydrogen) atoms. The van der Waals surface area contributed by atoms with Gasteiger partial charge in [0.05, 0.1) is 24.9 Å². The molecule has 0 saturated carbocycles. The van der Waals surface area contributed by atoms with Crippen molar-refractivity contribution in [1.82, 2.24) is 14.3 Å². The molecule has 13 heteroatoms. The molecular formula is C30H30ClF3N4O5. The maximum absolute atomic E-state index is 13.8. The second-order valence-electron chi connectivity index (χ2n) is 10.4. The summed E-state index contributed by atoms with van der Waals surface area (Å²) in [6, 6.07) is 9.61. The van der Waals surface area contributed by atoms with Crippen molar-refractivity contribution in [3.05, 3.63) is 70.2 Å². The number of hydrogen-bond acceptors (Lipinski definition) is 6. The molecule has 228 valence electrons. The maximum atomic E-state index is 13.8. The number of benzene rings is 2. The zero-order valence-electron chi connectivity index (χ0n) is 23.5. The van der Waals surface area contributed by atoms with E-state index in [9.17, 15) is 22.8 Å². The summed E-state index contributed by atoms with van der Waals surface area (Å²) in [6.45, 7) is -0.973. The summed E-state index contributed by atoms with van der Waals surface area (Å²) in [6.07, 6.45) is 1.19. The summed E-state index contributed by atoms with van der Waals surface area (Å²) in [5.41, 5.74) is 1.03. The third kappa shape index (κ3) is 7.31. The number of carbonyl (C=O) groups is 1. The summed E-state index contributed by atoms with van der Waals surface area (Å²) in [7, 11) is 3.16. The molecular weight excluding hydrogens is 589 g/mol. The van der Waals surface area contributed by atoms with E-state index in [1.54, 1.807) is 29.9 Å². The van der Waals surface area contributed by atoms with Crippen LogP contribution in [-0.4, -0.2) is 52.9 Å². The van der Waals surface area contributed by atoms with Gasteiger partial charge in [-0.1, -0.05) is 11.6 Å². The molecule has 3 heterocycles. The van der Waals surface area contributed by atoms with Crippen LogP contribution in [0.2, 0.25) is 5.02 Å². The number of carbonyl (C=O) groups excluding carboxylic acids is 1. The van der Waals surface area contributed by atoms with E-state index in [1.807, 2.05) is 6.20 Å². The van der Waals surface area contributed by atoms with Gasteiger partial charge < -0.3 is 19.5 Å². The first-order valence-electron chi connectivity index (χ1n) is 13.7. The Morgan fingerprint density at radius 2 is 1.93 bits per heavy atom. The quantitative estimate of drug-likeness (QED) is 0.242. The van der Waals surface area contributed by atoms with E-state index >= 15 is 0 Å². The summed E-state index contributed by atoms with van der Waals surface area (Å²) in [5, 5.41) is 8.32. The molecule has 9 nitrogen and oxygen atoms in total. The predicted octanol–water partition coefficient (Wildman–Crippen LogP) is 6.14. The number of nitrogens with one attached hydrogen (secondary N) is 1. The van der Waals surface area contributed by atoms with Gasteiger partial charge in [-0.15, -0.1) is 0 Å². The van der Waals surface area contributed by atoms with E-state index in [0.29, 0.717) is 12.3 Å². The lowest BCUT2D eigenvalue weighted by Gasteiger charge is -2.28. The fraction of sp³-hybridized carbons (Fsp3) is 0.367. The summed E-state index contributed by atoms with van der Waals surface area (Å²) >= 11 is 6.16. The molecule has 0 aliphatic carbocycles. The van der Waals surface area contributed by atoms with Gasteiger partial charge in [-0.2, -0.15) is 18.3 Å². The van der Waals surface area contributed by atoms with Crippen LogP contribution in [-0.2, 0) is 16.6 Å². The normalized spacial score (nSPS) is 16.2. The Balaban J connectivity index is 1.52. The highest BCUT2D eigenvalue weighted by molar-refractivity contribution is 6.31. The molecule has 1 amide bonds. The van der Waals surface area contributed by atoms with Crippen LogP contribution >= 0.6 is 11.6 Å². The first-order valence-corrected chi connectivity index (χ1v) is 14.0. The SMILES string of the molecule is COc1cn(C(C[C@H]2CCCCO2)C(=O)Nc2ccc3nn(C)cc3c2)c(=O)cc1-c1cc(Cl)ccc1OCC(F)(F)F.